The van der Waals surface area contributed by atoms with Crippen LogP contribution >= 0.6 is 0 Å². The SMILES string of the molecule is Cc1cc(C)n(-c2ccc(C(=O)N3CCC(n4nnc5cccnc54)CC3)cc2)n1. The smallest absolute Gasteiger partial charge is 0.253 e. The number of pyridine rings is 1. The van der Waals surface area contributed by atoms with E-state index in [1.54, 1.807) is 6.20 Å². The molecule has 5 rings (SSSR count). The van der Waals surface area contributed by atoms with Crippen LogP contribution in [0.25, 0.3) is 16.9 Å². The van der Waals surface area contributed by atoms with Gasteiger partial charge in [0.2, 0.25) is 0 Å². The highest BCUT2D eigenvalue weighted by atomic mass is 16.2. The fraction of sp³-hybridized carbons (Fsp3) is 0.318. The normalized spacial score (nSPS) is 15.1. The molecule has 0 radical (unpaired) electrons. The highest BCUT2D eigenvalue weighted by molar-refractivity contribution is 5.94. The zero-order chi connectivity index (χ0) is 20.7. The molecule has 8 heteroatoms. The van der Waals surface area contributed by atoms with Gasteiger partial charge in [0.05, 0.1) is 17.4 Å². The predicted molar refractivity (Wildman–Crippen MR) is 113 cm³/mol. The summed E-state index contributed by atoms with van der Waals surface area (Å²) in [6.45, 7) is 5.38. The van der Waals surface area contributed by atoms with Crippen molar-refractivity contribution in [2.45, 2.75) is 32.7 Å². The van der Waals surface area contributed by atoms with Crippen molar-refractivity contribution in [2.24, 2.45) is 0 Å². The molecular weight excluding hydrogens is 378 g/mol. The third-order valence-corrected chi connectivity index (χ3v) is 5.70. The number of hydrogen-bond acceptors (Lipinski definition) is 5. The first-order chi connectivity index (χ1) is 14.6. The minimum atomic E-state index is 0.0648. The summed E-state index contributed by atoms with van der Waals surface area (Å²) in [5.41, 5.74) is 5.32. The standard InChI is InChI=1S/C22H23N7O/c1-15-14-16(2)28(25-15)18-7-5-17(6-8-18)22(30)27-12-9-19(10-13-27)29-21-20(24-26-29)4-3-11-23-21/h3-8,11,14,19H,9-10,12-13H2,1-2H3. The summed E-state index contributed by atoms with van der Waals surface area (Å²) in [4.78, 5) is 19.3. The van der Waals surface area contributed by atoms with E-state index in [9.17, 15) is 4.79 Å². The van der Waals surface area contributed by atoms with Crippen LogP contribution in [0.5, 0.6) is 0 Å². The lowest BCUT2D eigenvalue weighted by Gasteiger charge is -2.32. The van der Waals surface area contributed by atoms with Crippen molar-refractivity contribution in [3.8, 4) is 5.69 Å². The molecular formula is C22H23N7O. The van der Waals surface area contributed by atoms with Crippen LogP contribution in [0, 0.1) is 13.8 Å². The molecule has 4 heterocycles. The highest BCUT2D eigenvalue weighted by Gasteiger charge is 2.26. The Hall–Kier alpha value is -3.55. The molecule has 1 saturated heterocycles. The Kier molecular flexibility index (Phi) is 4.54. The van der Waals surface area contributed by atoms with E-state index >= 15 is 0 Å². The van der Waals surface area contributed by atoms with Crippen molar-refractivity contribution < 1.29 is 4.79 Å². The van der Waals surface area contributed by atoms with Gasteiger partial charge in [0, 0.05) is 30.5 Å². The number of benzene rings is 1. The average molecular weight is 401 g/mol. The molecule has 0 aliphatic carbocycles. The van der Waals surface area contributed by atoms with Crippen LogP contribution in [0.3, 0.4) is 0 Å². The monoisotopic (exact) mass is 401 g/mol. The Morgan fingerprint density at radius 2 is 1.83 bits per heavy atom. The fourth-order valence-corrected chi connectivity index (χ4v) is 4.16. The third-order valence-electron chi connectivity index (χ3n) is 5.70. The number of carbonyl (C=O) groups is 1. The second-order valence-corrected chi connectivity index (χ2v) is 7.79. The van der Waals surface area contributed by atoms with E-state index in [2.05, 4.69) is 20.4 Å². The Labute approximate surface area is 174 Å². The minimum Gasteiger partial charge on any atom is -0.338 e. The molecule has 0 bridgehead atoms. The van der Waals surface area contributed by atoms with E-state index in [0.717, 1.165) is 41.1 Å². The summed E-state index contributed by atoms with van der Waals surface area (Å²) in [5.74, 6) is 0.0648. The lowest BCUT2D eigenvalue weighted by Crippen LogP contribution is -2.39. The van der Waals surface area contributed by atoms with Gasteiger partial charge in [0.15, 0.2) is 5.65 Å². The number of amides is 1. The van der Waals surface area contributed by atoms with Crippen LogP contribution in [0.2, 0.25) is 0 Å². The fourth-order valence-electron chi connectivity index (χ4n) is 4.16. The van der Waals surface area contributed by atoms with Crippen molar-refractivity contribution in [1.82, 2.24) is 34.7 Å². The number of piperidine rings is 1. The summed E-state index contributed by atoms with van der Waals surface area (Å²) in [7, 11) is 0. The highest BCUT2D eigenvalue weighted by Crippen LogP contribution is 2.25. The van der Waals surface area contributed by atoms with Crippen LogP contribution in [0.1, 0.15) is 40.6 Å². The van der Waals surface area contributed by atoms with Crippen LogP contribution in [0.4, 0.5) is 0 Å². The van der Waals surface area contributed by atoms with Crippen LogP contribution in [-0.4, -0.2) is 53.7 Å². The molecule has 1 aliphatic rings. The van der Waals surface area contributed by atoms with E-state index in [-0.39, 0.29) is 11.9 Å². The first-order valence-electron chi connectivity index (χ1n) is 10.2. The van der Waals surface area contributed by atoms with Gasteiger partial charge in [0.25, 0.3) is 5.91 Å². The molecule has 8 nitrogen and oxygen atoms in total. The lowest BCUT2D eigenvalue weighted by atomic mass is 10.0. The summed E-state index contributed by atoms with van der Waals surface area (Å²) in [5, 5.41) is 13.0. The summed E-state index contributed by atoms with van der Waals surface area (Å²) in [6, 6.07) is 13.7. The molecule has 4 aromatic rings. The Morgan fingerprint density at radius 3 is 2.53 bits per heavy atom. The molecule has 1 fully saturated rings. The van der Waals surface area contributed by atoms with E-state index in [1.807, 2.05) is 70.6 Å². The number of fused-ring (bicyclic) bond motifs is 1. The predicted octanol–water partition coefficient (Wildman–Crippen LogP) is 3.11. The van der Waals surface area contributed by atoms with Crippen molar-refractivity contribution in [1.29, 1.82) is 0 Å². The van der Waals surface area contributed by atoms with Gasteiger partial charge < -0.3 is 4.90 Å². The number of aromatic nitrogens is 6. The molecule has 30 heavy (non-hydrogen) atoms. The number of hydrogen-bond donors (Lipinski definition) is 0. The van der Waals surface area contributed by atoms with Gasteiger partial charge in [-0.3, -0.25) is 4.79 Å². The molecule has 152 valence electrons. The number of carbonyl (C=O) groups excluding carboxylic acids is 1. The van der Waals surface area contributed by atoms with Gasteiger partial charge in [-0.2, -0.15) is 5.10 Å². The van der Waals surface area contributed by atoms with E-state index in [0.29, 0.717) is 18.7 Å². The van der Waals surface area contributed by atoms with Gasteiger partial charge in [-0.05, 0) is 69.2 Å². The van der Waals surface area contributed by atoms with E-state index in [4.69, 9.17) is 0 Å². The first-order valence-corrected chi connectivity index (χ1v) is 10.2. The zero-order valence-corrected chi connectivity index (χ0v) is 17.1. The van der Waals surface area contributed by atoms with Gasteiger partial charge in [-0.25, -0.2) is 14.3 Å². The first kappa shape index (κ1) is 18.5. The minimum absolute atomic E-state index is 0.0648. The third kappa shape index (κ3) is 3.24. The molecule has 0 spiro atoms. The number of rotatable bonds is 3. The lowest BCUT2D eigenvalue weighted by molar-refractivity contribution is 0.0691. The topological polar surface area (TPSA) is 81.7 Å². The summed E-state index contributed by atoms with van der Waals surface area (Å²) < 4.78 is 3.80. The van der Waals surface area contributed by atoms with Crippen LogP contribution in [0.15, 0.2) is 48.7 Å². The second kappa shape index (κ2) is 7.37. The number of nitrogens with zero attached hydrogens (tertiary/aromatic N) is 7. The molecule has 1 aliphatic heterocycles. The van der Waals surface area contributed by atoms with Crippen LogP contribution in [-0.2, 0) is 0 Å². The largest absolute Gasteiger partial charge is 0.338 e. The van der Waals surface area contributed by atoms with Crippen molar-refractivity contribution in [3.63, 3.8) is 0 Å². The van der Waals surface area contributed by atoms with Gasteiger partial charge >= 0.3 is 0 Å². The second-order valence-electron chi connectivity index (χ2n) is 7.79. The number of likely N-dealkylation sites (tertiary alicyclic amines) is 1. The molecule has 0 N–H and O–H groups in total. The quantitative estimate of drug-likeness (QED) is 0.527. The van der Waals surface area contributed by atoms with Crippen molar-refractivity contribution in [3.05, 3.63) is 65.6 Å². The maximum atomic E-state index is 13.0. The van der Waals surface area contributed by atoms with Crippen molar-refractivity contribution in [2.75, 3.05) is 13.1 Å². The Morgan fingerprint density at radius 1 is 1.07 bits per heavy atom. The summed E-state index contributed by atoms with van der Waals surface area (Å²) >= 11 is 0. The van der Waals surface area contributed by atoms with Crippen LogP contribution < -0.4 is 0 Å². The maximum absolute atomic E-state index is 13.0. The van der Waals surface area contributed by atoms with E-state index in [1.165, 1.54) is 0 Å². The van der Waals surface area contributed by atoms with Gasteiger partial charge in [0.1, 0.15) is 5.52 Å². The Balaban J connectivity index is 1.27. The number of aryl methyl sites for hydroxylation is 2. The average Bonchev–Trinajstić information content (AvgIpc) is 3.36. The molecule has 1 amide bonds. The molecule has 3 aromatic heterocycles. The maximum Gasteiger partial charge on any atom is 0.253 e. The molecule has 1 aromatic carbocycles. The summed E-state index contributed by atoms with van der Waals surface area (Å²) in [6.07, 6.45) is 3.44. The molecule has 0 atom stereocenters. The van der Waals surface area contributed by atoms with Gasteiger partial charge in [-0.1, -0.05) is 5.21 Å². The van der Waals surface area contributed by atoms with Gasteiger partial charge in [-0.15, -0.1) is 5.10 Å². The Bertz CT molecular complexity index is 1200. The zero-order valence-electron chi connectivity index (χ0n) is 17.1. The van der Waals surface area contributed by atoms with E-state index < -0.39 is 0 Å². The molecule has 0 saturated carbocycles. The van der Waals surface area contributed by atoms with Crippen molar-refractivity contribution >= 4 is 17.1 Å². The molecule has 0 unspecified atom stereocenters.